The zero-order valence-corrected chi connectivity index (χ0v) is 14.9. The van der Waals surface area contributed by atoms with Gasteiger partial charge in [-0.3, -0.25) is 9.59 Å². The molecule has 3 rings (SSSR count). The van der Waals surface area contributed by atoms with E-state index in [9.17, 15) is 9.59 Å². The third-order valence-electron chi connectivity index (χ3n) is 5.56. The van der Waals surface area contributed by atoms with Gasteiger partial charge in [0.25, 0.3) is 5.91 Å². The van der Waals surface area contributed by atoms with Gasteiger partial charge in [0.1, 0.15) is 5.75 Å². The van der Waals surface area contributed by atoms with Gasteiger partial charge in [0.2, 0.25) is 5.91 Å². The predicted molar refractivity (Wildman–Crippen MR) is 96.1 cm³/mol. The Morgan fingerprint density at radius 3 is 2.68 bits per heavy atom. The van der Waals surface area contributed by atoms with E-state index in [0.29, 0.717) is 17.7 Å². The molecule has 1 heterocycles. The van der Waals surface area contributed by atoms with Gasteiger partial charge in [-0.2, -0.15) is 0 Å². The van der Waals surface area contributed by atoms with E-state index in [-0.39, 0.29) is 24.8 Å². The van der Waals surface area contributed by atoms with Crippen LogP contribution in [0, 0.1) is 11.8 Å². The van der Waals surface area contributed by atoms with Crippen LogP contribution in [0.5, 0.6) is 5.75 Å². The number of carbonyl (C=O) groups is 2. The Labute approximate surface area is 149 Å². The van der Waals surface area contributed by atoms with E-state index in [1.165, 1.54) is 19.3 Å². The number of nitrogens with zero attached hydrogens (tertiary/aromatic N) is 1. The van der Waals surface area contributed by atoms with Gasteiger partial charge in [-0.25, -0.2) is 0 Å². The molecule has 5 heteroatoms. The van der Waals surface area contributed by atoms with Crippen molar-refractivity contribution in [3.8, 4) is 5.75 Å². The maximum Gasteiger partial charge on any atom is 0.260 e. The number of fused-ring (bicyclic) bond motifs is 1. The van der Waals surface area contributed by atoms with Crippen molar-refractivity contribution in [2.45, 2.75) is 51.5 Å². The van der Waals surface area contributed by atoms with Crippen LogP contribution in [-0.4, -0.2) is 35.9 Å². The molecule has 0 unspecified atom stereocenters. The molecular weight excluding hydrogens is 316 g/mol. The highest BCUT2D eigenvalue weighted by atomic mass is 16.5. The predicted octanol–water partition coefficient (Wildman–Crippen LogP) is 2.52. The first-order chi connectivity index (χ1) is 12.0. The average molecular weight is 344 g/mol. The minimum atomic E-state index is -0.356. The minimum Gasteiger partial charge on any atom is -0.484 e. The van der Waals surface area contributed by atoms with Crippen LogP contribution in [0.2, 0.25) is 0 Å². The Bertz CT molecular complexity index is 614. The van der Waals surface area contributed by atoms with Crippen molar-refractivity contribution in [3.63, 3.8) is 0 Å². The zero-order chi connectivity index (χ0) is 17.8. The van der Waals surface area contributed by atoms with Gasteiger partial charge in [0.15, 0.2) is 6.61 Å². The van der Waals surface area contributed by atoms with Crippen molar-refractivity contribution >= 4 is 11.8 Å². The topological polar surface area (TPSA) is 72.6 Å². The summed E-state index contributed by atoms with van der Waals surface area (Å²) < 4.78 is 5.67. The summed E-state index contributed by atoms with van der Waals surface area (Å²) in [6.45, 7) is 3.26. The molecule has 0 aromatic heterocycles. The molecule has 0 spiro atoms. The quantitative estimate of drug-likeness (QED) is 0.892. The Morgan fingerprint density at radius 2 is 1.96 bits per heavy atom. The van der Waals surface area contributed by atoms with Gasteiger partial charge < -0.3 is 15.4 Å². The molecule has 136 valence electrons. The average Bonchev–Trinajstić information content (AvgIpc) is 2.59. The first-order valence-corrected chi connectivity index (χ1v) is 9.32. The minimum absolute atomic E-state index is 0.0773. The summed E-state index contributed by atoms with van der Waals surface area (Å²) in [6.07, 6.45) is 6.15. The molecule has 1 aliphatic heterocycles. The molecule has 2 aliphatic rings. The lowest BCUT2D eigenvalue weighted by atomic mass is 9.74. The molecule has 1 aromatic carbocycles. The van der Waals surface area contributed by atoms with Crippen LogP contribution < -0.4 is 10.5 Å². The molecule has 2 fully saturated rings. The fourth-order valence-electron chi connectivity index (χ4n) is 4.34. The fourth-order valence-corrected chi connectivity index (χ4v) is 4.34. The second kappa shape index (κ2) is 7.89. The molecule has 0 bridgehead atoms. The third kappa shape index (κ3) is 4.53. The van der Waals surface area contributed by atoms with E-state index in [4.69, 9.17) is 10.5 Å². The monoisotopic (exact) mass is 344 g/mol. The SMILES string of the molecule is C[C@@H]1CC[C@H]2[C@@H](CCCN2C(=O)COc2ccc(CC(N)=O)cc2)C1. The van der Waals surface area contributed by atoms with Crippen molar-refractivity contribution in [3.05, 3.63) is 29.8 Å². The van der Waals surface area contributed by atoms with Crippen LogP contribution in [0.1, 0.15) is 44.6 Å². The maximum absolute atomic E-state index is 12.7. The second-order valence-corrected chi connectivity index (χ2v) is 7.55. The molecule has 25 heavy (non-hydrogen) atoms. The molecule has 5 nitrogen and oxygen atoms in total. The number of rotatable bonds is 5. The van der Waals surface area contributed by atoms with Gasteiger partial charge in [0, 0.05) is 12.6 Å². The number of nitrogens with two attached hydrogens (primary N) is 1. The number of ether oxygens (including phenoxy) is 1. The van der Waals surface area contributed by atoms with Gasteiger partial charge in [-0.05, 0) is 61.6 Å². The maximum atomic E-state index is 12.7. The normalized spacial score (nSPS) is 26.0. The van der Waals surface area contributed by atoms with E-state index in [1.807, 2.05) is 12.1 Å². The molecule has 1 saturated heterocycles. The number of carbonyl (C=O) groups excluding carboxylic acids is 2. The first-order valence-electron chi connectivity index (χ1n) is 9.32. The van der Waals surface area contributed by atoms with Crippen LogP contribution >= 0.6 is 0 Å². The van der Waals surface area contributed by atoms with Gasteiger partial charge in [-0.15, -0.1) is 0 Å². The molecule has 1 saturated carbocycles. The number of primary amides is 1. The van der Waals surface area contributed by atoms with Crippen molar-refractivity contribution < 1.29 is 14.3 Å². The molecule has 3 atom stereocenters. The Morgan fingerprint density at radius 1 is 1.20 bits per heavy atom. The smallest absolute Gasteiger partial charge is 0.260 e. The van der Waals surface area contributed by atoms with Crippen molar-refractivity contribution in [2.24, 2.45) is 17.6 Å². The molecule has 2 N–H and O–H groups in total. The van der Waals surface area contributed by atoms with Crippen LogP contribution in [0.4, 0.5) is 0 Å². The van der Waals surface area contributed by atoms with Crippen molar-refractivity contribution in [1.29, 1.82) is 0 Å². The summed E-state index contributed by atoms with van der Waals surface area (Å²) in [5, 5.41) is 0. The summed E-state index contributed by atoms with van der Waals surface area (Å²) in [5.74, 6) is 1.82. The summed E-state index contributed by atoms with van der Waals surface area (Å²) in [6, 6.07) is 7.59. The molecular formula is C20H28N2O3. The highest BCUT2D eigenvalue weighted by molar-refractivity contribution is 5.78. The molecule has 1 aliphatic carbocycles. The lowest BCUT2D eigenvalue weighted by molar-refractivity contribution is -0.140. The Kier molecular flexibility index (Phi) is 5.61. The first kappa shape index (κ1) is 17.8. The standard InChI is InChI=1S/C20H28N2O3/c1-14-4-9-18-16(11-14)3-2-10-22(18)20(24)13-25-17-7-5-15(6-8-17)12-19(21)23/h5-8,14,16,18H,2-4,9-13H2,1H3,(H2,21,23)/t14-,16+,18+/m1/s1. The molecule has 2 amide bonds. The van der Waals surface area contributed by atoms with Crippen LogP contribution in [0.15, 0.2) is 24.3 Å². The van der Waals surface area contributed by atoms with Crippen LogP contribution in [0.25, 0.3) is 0 Å². The highest BCUT2D eigenvalue weighted by Gasteiger charge is 2.37. The zero-order valence-electron chi connectivity index (χ0n) is 14.9. The van der Waals surface area contributed by atoms with Gasteiger partial charge in [-0.1, -0.05) is 19.1 Å². The summed E-state index contributed by atoms with van der Waals surface area (Å²) >= 11 is 0. The number of hydrogen-bond donors (Lipinski definition) is 1. The van der Waals surface area contributed by atoms with Crippen molar-refractivity contribution in [1.82, 2.24) is 4.90 Å². The molecule has 1 aromatic rings. The Balaban J connectivity index is 1.54. The largest absolute Gasteiger partial charge is 0.484 e. The second-order valence-electron chi connectivity index (χ2n) is 7.55. The summed E-state index contributed by atoms with van der Waals surface area (Å²) in [7, 11) is 0. The number of benzene rings is 1. The Hall–Kier alpha value is -2.04. The third-order valence-corrected chi connectivity index (χ3v) is 5.56. The van der Waals surface area contributed by atoms with E-state index in [2.05, 4.69) is 11.8 Å². The number of piperidine rings is 1. The fraction of sp³-hybridized carbons (Fsp3) is 0.600. The molecule has 0 radical (unpaired) electrons. The lowest BCUT2D eigenvalue weighted by Gasteiger charge is -2.45. The lowest BCUT2D eigenvalue weighted by Crippen LogP contribution is -2.51. The van der Waals surface area contributed by atoms with Crippen LogP contribution in [-0.2, 0) is 16.0 Å². The summed E-state index contributed by atoms with van der Waals surface area (Å²) in [4.78, 5) is 25.6. The van der Waals surface area contributed by atoms with Gasteiger partial charge >= 0.3 is 0 Å². The number of likely N-dealkylation sites (tertiary alicyclic amines) is 1. The van der Waals surface area contributed by atoms with E-state index in [1.54, 1.807) is 12.1 Å². The van der Waals surface area contributed by atoms with E-state index < -0.39 is 0 Å². The number of hydrogen-bond acceptors (Lipinski definition) is 3. The van der Waals surface area contributed by atoms with Crippen molar-refractivity contribution in [2.75, 3.05) is 13.2 Å². The van der Waals surface area contributed by atoms with E-state index in [0.717, 1.165) is 30.9 Å². The number of amides is 2. The highest BCUT2D eigenvalue weighted by Crippen LogP contribution is 2.37. The summed E-state index contributed by atoms with van der Waals surface area (Å²) in [5.41, 5.74) is 6.03. The van der Waals surface area contributed by atoms with Crippen LogP contribution in [0.3, 0.4) is 0 Å². The van der Waals surface area contributed by atoms with E-state index >= 15 is 0 Å². The van der Waals surface area contributed by atoms with Gasteiger partial charge in [0.05, 0.1) is 6.42 Å².